The van der Waals surface area contributed by atoms with E-state index in [1.165, 1.54) is 16.4 Å². The number of aryl methyl sites for hydroxylation is 2. The van der Waals surface area contributed by atoms with Gasteiger partial charge in [0.2, 0.25) is 5.95 Å². The van der Waals surface area contributed by atoms with E-state index in [1.54, 1.807) is 6.20 Å². The summed E-state index contributed by atoms with van der Waals surface area (Å²) in [5, 5.41) is 3.18. The van der Waals surface area contributed by atoms with Gasteiger partial charge in [-0.15, -0.1) is 0 Å². The van der Waals surface area contributed by atoms with E-state index in [2.05, 4.69) is 19.7 Å². The maximum atomic E-state index is 4.30. The van der Waals surface area contributed by atoms with Crippen LogP contribution < -0.4 is 5.32 Å². The molecule has 0 spiro atoms. The van der Waals surface area contributed by atoms with Gasteiger partial charge in [-0.25, -0.2) is 14.3 Å². The molecule has 5 heteroatoms. The normalized spacial score (nSPS) is 10.3. The van der Waals surface area contributed by atoms with Crippen molar-refractivity contribution in [3.63, 3.8) is 0 Å². The summed E-state index contributed by atoms with van der Waals surface area (Å²) >= 11 is 1.48. The van der Waals surface area contributed by atoms with Crippen molar-refractivity contribution in [2.24, 2.45) is 0 Å². The molecule has 2 aromatic heterocycles. The molecule has 0 aliphatic rings. The molecule has 0 fully saturated rings. The van der Waals surface area contributed by atoms with Crippen LogP contribution in [0.25, 0.3) is 0 Å². The van der Waals surface area contributed by atoms with Gasteiger partial charge in [-0.3, -0.25) is 0 Å². The third-order valence-corrected chi connectivity index (χ3v) is 2.64. The van der Waals surface area contributed by atoms with Gasteiger partial charge in [0.05, 0.1) is 6.54 Å². The smallest absolute Gasteiger partial charge is 0.223 e. The first kappa shape index (κ1) is 10.0. The van der Waals surface area contributed by atoms with Crippen LogP contribution >= 0.6 is 11.5 Å². The molecule has 2 rings (SSSR count). The van der Waals surface area contributed by atoms with Crippen LogP contribution in [0.15, 0.2) is 18.3 Å². The Kier molecular flexibility index (Phi) is 2.91. The minimum absolute atomic E-state index is 0.681. The van der Waals surface area contributed by atoms with Crippen LogP contribution in [0.2, 0.25) is 0 Å². The summed E-state index contributed by atoms with van der Waals surface area (Å²) < 4.78 is 4.03. The van der Waals surface area contributed by atoms with Crippen LogP contribution in [0.1, 0.15) is 16.3 Å². The highest BCUT2D eigenvalue weighted by molar-refractivity contribution is 7.05. The molecular formula is C10H12N4S. The lowest BCUT2D eigenvalue weighted by atomic mass is 10.3. The molecule has 0 bridgehead atoms. The summed E-state index contributed by atoms with van der Waals surface area (Å²) in [5.41, 5.74) is 1.96. The number of rotatable bonds is 3. The minimum atomic E-state index is 0.681. The Hall–Kier alpha value is -1.49. The van der Waals surface area contributed by atoms with E-state index >= 15 is 0 Å². The van der Waals surface area contributed by atoms with Crippen molar-refractivity contribution in [2.75, 3.05) is 5.32 Å². The zero-order chi connectivity index (χ0) is 10.7. The van der Waals surface area contributed by atoms with Gasteiger partial charge >= 0.3 is 0 Å². The highest BCUT2D eigenvalue weighted by Crippen LogP contribution is 2.08. The quantitative estimate of drug-likeness (QED) is 0.861. The zero-order valence-electron chi connectivity index (χ0n) is 8.69. The van der Waals surface area contributed by atoms with Gasteiger partial charge in [0.1, 0.15) is 0 Å². The fraction of sp³-hybridized carbons (Fsp3) is 0.300. The van der Waals surface area contributed by atoms with E-state index in [0.29, 0.717) is 5.95 Å². The summed E-state index contributed by atoms with van der Waals surface area (Å²) in [4.78, 5) is 9.77. The predicted molar refractivity (Wildman–Crippen MR) is 60.9 cm³/mol. The number of hydrogen-bond donors (Lipinski definition) is 1. The molecule has 0 aliphatic heterocycles. The van der Waals surface area contributed by atoms with Crippen molar-refractivity contribution in [1.82, 2.24) is 14.3 Å². The molecule has 2 heterocycles. The molecule has 0 amide bonds. The molecule has 15 heavy (non-hydrogen) atoms. The molecule has 1 N–H and O–H groups in total. The predicted octanol–water partition coefficient (Wildman–Crippen LogP) is 2.16. The van der Waals surface area contributed by atoms with Crippen LogP contribution in [-0.2, 0) is 6.54 Å². The number of nitrogens with one attached hydrogen (secondary N) is 1. The molecule has 0 unspecified atom stereocenters. The van der Waals surface area contributed by atoms with Gasteiger partial charge in [-0.05, 0) is 37.5 Å². The van der Waals surface area contributed by atoms with E-state index in [0.717, 1.165) is 17.9 Å². The minimum Gasteiger partial charge on any atom is -0.349 e. The first-order chi connectivity index (χ1) is 7.24. The van der Waals surface area contributed by atoms with Crippen molar-refractivity contribution >= 4 is 17.5 Å². The standard InChI is InChI=1S/C10H12N4S/c1-7-5-8(2)14-10(13-7)11-6-9-3-4-12-15-9/h3-5H,6H2,1-2H3,(H,11,13,14). The van der Waals surface area contributed by atoms with Gasteiger partial charge in [0.25, 0.3) is 0 Å². The number of aromatic nitrogens is 3. The van der Waals surface area contributed by atoms with Crippen LogP contribution in [-0.4, -0.2) is 14.3 Å². The van der Waals surface area contributed by atoms with Crippen LogP contribution in [0, 0.1) is 13.8 Å². The molecule has 0 aromatic carbocycles. The third kappa shape index (κ3) is 2.73. The Labute approximate surface area is 92.6 Å². The average molecular weight is 220 g/mol. The van der Waals surface area contributed by atoms with Crippen LogP contribution in [0.5, 0.6) is 0 Å². The van der Waals surface area contributed by atoms with Crippen LogP contribution in [0.4, 0.5) is 5.95 Å². The van der Waals surface area contributed by atoms with Gasteiger partial charge in [0.15, 0.2) is 0 Å². The fourth-order valence-electron chi connectivity index (χ4n) is 1.30. The molecule has 0 saturated carbocycles. The maximum absolute atomic E-state index is 4.30. The van der Waals surface area contributed by atoms with Crippen molar-refractivity contribution < 1.29 is 0 Å². The first-order valence-electron chi connectivity index (χ1n) is 4.70. The summed E-state index contributed by atoms with van der Waals surface area (Å²) in [6.45, 7) is 4.66. The largest absolute Gasteiger partial charge is 0.349 e. The van der Waals surface area contributed by atoms with Gasteiger partial charge in [-0.1, -0.05) is 0 Å². The van der Waals surface area contributed by atoms with E-state index < -0.39 is 0 Å². The van der Waals surface area contributed by atoms with Crippen molar-refractivity contribution in [1.29, 1.82) is 0 Å². The highest BCUT2D eigenvalue weighted by Gasteiger charge is 1.99. The topological polar surface area (TPSA) is 50.7 Å². The molecule has 78 valence electrons. The molecule has 4 nitrogen and oxygen atoms in total. The molecular weight excluding hydrogens is 208 g/mol. The van der Waals surface area contributed by atoms with Crippen molar-refractivity contribution in [3.05, 3.63) is 34.6 Å². The van der Waals surface area contributed by atoms with E-state index in [4.69, 9.17) is 0 Å². The van der Waals surface area contributed by atoms with Gasteiger partial charge in [-0.2, -0.15) is 0 Å². The van der Waals surface area contributed by atoms with Crippen molar-refractivity contribution in [2.45, 2.75) is 20.4 Å². The lowest BCUT2D eigenvalue weighted by Gasteiger charge is -2.04. The fourth-order valence-corrected chi connectivity index (χ4v) is 1.82. The Morgan fingerprint density at radius 3 is 2.60 bits per heavy atom. The second-order valence-electron chi connectivity index (χ2n) is 3.31. The van der Waals surface area contributed by atoms with E-state index in [9.17, 15) is 0 Å². The van der Waals surface area contributed by atoms with E-state index in [1.807, 2.05) is 26.0 Å². The Morgan fingerprint density at radius 2 is 2.00 bits per heavy atom. The van der Waals surface area contributed by atoms with Gasteiger partial charge < -0.3 is 5.32 Å². The number of anilines is 1. The van der Waals surface area contributed by atoms with Gasteiger partial charge in [0, 0.05) is 22.5 Å². The summed E-state index contributed by atoms with van der Waals surface area (Å²) in [7, 11) is 0. The molecule has 0 saturated heterocycles. The molecule has 0 aliphatic carbocycles. The van der Waals surface area contributed by atoms with Crippen LogP contribution in [0.3, 0.4) is 0 Å². The lowest BCUT2D eigenvalue weighted by Crippen LogP contribution is -2.04. The summed E-state index contributed by atoms with van der Waals surface area (Å²) in [5.74, 6) is 0.681. The Bertz CT molecular complexity index is 418. The molecule has 0 radical (unpaired) electrons. The molecule has 2 aromatic rings. The average Bonchev–Trinajstić information content (AvgIpc) is 2.65. The summed E-state index contributed by atoms with van der Waals surface area (Å²) in [6, 6.07) is 3.94. The molecule has 0 atom stereocenters. The zero-order valence-corrected chi connectivity index (χ0v) is 9.51. The summed E-state index contributed by atoms with van der Waals surface area (Å²) in [6.07, 6.45) is 1.80. The number of nitrogens with zero attached hydrogens (tertiary/aromatic N) is 3. The number of hydrogen-bond acceptors (Lipinski definition) is 5. The highest BCUT2D eigenvalue weighted by atomic mass is 32.1. The second kappa shape index (κ2) is 4.35. The Balaban J connectivity index is 2.05. The second-order valence-corrected chi connectivity index (χ2v) is 4.22. The van der Waals surface area contributed by atoms with Crippen molar-refractivity contribution in [3.8, 4) is 0 Å². The maximum Gasteiger partial charge on any atom is 0.223 e. The lowest BCUT2D eigenvalue weighted by molar-refractivity contribution is 1.01. The monoisotopic (exact) mass is 220 g/mol. The van der Waals surface area contributed by atoms with E-state index in [-0.39, 0.29) is 0 Å². The Morgan fingerprint density at radius 1 is 1.27 bits per heavy atom. The SMILES string of the molecule is Cc1cc(C)nc(NCc2ccns2)n1. The first-order valence-corrected chi connectivity index (χ1v) is 5.47. The third-order valence-electron chi connectivity index (χ3n) is 1.89.